The van der Waals surface area contributed by atoms with Gasteiger partial charge in [0.05, 0.1) is 29.4 Å². The minimum atomic E-state index is -1.49. The van der Waals surface area contributed by atoms with Crippen LogP contribution in [0.5, 0.6) is 0 Å². The van der Waals surface area contributed by atoms with Gasteiger partial charge in [-0.15, -0.1) is 0 Å². The molecule has 1 aromatic heterocycles. The lowest BCUT2D eigenvalue weighted by Gasteiger charge is -2.27. The van der Waals surface area contributed by atoms with Gasteiger partial charge in [0.15, 0.2) is 0 Å². The van der Waals surface area contributed by atoms with Gasteiger partial charge in [-0.25, -0.2) is 13.8 Å². The van der Waals surface area contributed by atoms with Gasteiger partial charge in [-0.2, -0.15) is 0 Å². The van der Waals surface area contributed by atoms with Gasteiger partial charge >= 0.3 is 0 Å². The Morgan fingerprint density at radius 1 is 1.11 bits per heavy atom. The molecule has 9 heteroatoms. The number of hydrogen-bond acceptors (Lipinski definition) is 5. The first-order chi connectivity index (χ1) is 16.5. The van der Waals surface area contributed by atoms with Crippen LogP contribution in [0.4, 0.5) is 8.78 Å². The number of rotatable bonds is 11. The number of aliphatic hydroxyl groups excluding tert-OH is 1. The largest absolute Gasteiger partial charge is 0.391 e. The van der Waals surface area contributed by atoms with Gasteiger partial charge in [0.25, 0.3) is 5.91 Å². The van der Waals surface area contributed by atoms with Crippen LogP contribution in [0.25, 0.3) is 11.0 Å². The normalized spacial score (nSPS) is 14.3. The van der Waals surface area contributed by atoms with E-state index in [2.05, 4.69) is 15.3 Å². The number of aromatic nitrogens is 2. The van der Waals surface area contributed by atoms with Gasteiger partial charge in [-0.3, -0.25) is 14.6 Å². The van der Waals surface area contributed by atoms with Crippen LogP contribution in [0.1, 0.15) is 49.2 Å². The van der Waals surface area contributed by atoms with Crippen molar-refractivity contribution in [3.8, 4) is 0 Å². The number of primary amides is 1. The molecule has 3 unspecified atom stereocenters. The molecule has 1 heterocycles. The quantitative estimate of drug-likeness (QED) is 0.385. The number of fused-ring (bicyclic) bond motifs is 1. The van der Waals surface area contributed by atoms with Crippen LogP contribution in [-0.4, -0.2) is 44.7 Å². The van der Waals surface area contributed by atoms with Gasteiger partial charge < -0.3 is 16.2 Å². The zero-order valence-corrected chi connectivity index (χ0v) is 19.7. The summed E-state index contributed by atoms with van der Waals surface area (Å²) in [6.07, 6.45) is 0.500. The number of carbonyl (C=O) groups excluding carboxylic acids is 2. The average molecular weight is 485 g/mol. The smallest absolute Gasteiger partial charge is 0.271 e. The molecule has 2 amide bonds. The Morgan fingerprint density at radius 3 is 2.40 bits per heavy atom. The van der Waals surface area contributed by atoms with Crippen molar-refractivity contribution in [2.24, 2.45) is 11.7 Å². The third kappa shape index (κ3) is 7.78. The lowest BCUT2D eigenvalue weighted by molar-refractivity contribution is -0.123. The van der Waals surface area contributed by atoms with E-state index in [9.17, 15) is 23.5 Å². The highest BCUT2D eigenvalue weighted by atomic mass is 19.1. The Hall–Kier alpha value is -3.46. The van der Waals surface area contributed by atoms with Crippen LogP contribution in [0, 0.1) is 11.7 Å². The number of amides is 2. The van der Waals surface area contributed by atoms with Crippen LogP contribution < -0.4 is 11.1 Å². The van der Waals surface area contributed by atoms with Gasteiger partial charge in [0.2, 0.25) is 5.91 Å². The third-order valence-electron chi connectivity index (χ3n) is 5.85. The highest BCUT2D eigenvalue weighted by Crippen LogP contribution is 2.24. The van der Waals surface area contributed by atoms with Gasteiger partial charge in [0.1, 0.15) is 17.2 Å². The van der Waals surface area contributed by atoms with Crippen molar-refractivity contribution in [3.05, 3.63) is 71.8 Å². The van der Waals surface area contributed by atoms with E-state index in [1.54, 1.807) is 30.3 Å². The summed E-state index contributed by atoms with van der Waals surface area (Å²) >= 11 is 0. The van der Waals surface area contributed by atoms with E-state index in [0.29, 0.717) is 16.6 Å². The Bertz CT molecular complexity index is 1170. The number of aliphatic hydroxyl groups is 1. The maximum Gasteiger partial charge on any atom is 0.271 e. The number of carbonyl (C=O) groups is 2. The Labute approximate surface area is 202 Å². The molecule has 0 saturated carbocycles. The lowest BCUT2D eigenvalue weighted by Crippen LogP contribution is -2.46. The minimum absolute atomic E-state index is 0.0608. The van der Waals surface area contributed by atoms with E-state index >= 15 is 0 Å². The first-order valence-corrected chi connectivity index (χ1v) is 11.5. The third-order valence-corrected chi connectivity index (χ3v) is 5.85. The molecule has 3 atom stereocenters. The molecule has 0 spiro atoms. The summed E-state index contributed by atoms with van der Waals surface area (Å²) in [4.78, 5) is 33.6. The van der Waals surface area contributed by atoms with E-state index in [4.69, 9.17) is 5.73 Å². The fraction of sp³-hybridized carbons (Fsp3) is 0.385. The summed E-state index contributed by atoms with van der Waals surface area (Å²) in [5.74, 6) is -2.41. The molecule has 0 aliphatic heterocycles. The molecule has 0 radical (unpaired) electrons. The van der Waals surface area contributed by atoms with E-state index in [1.165, 1.54) is 32.2 Å². The van der Waals surface area contributed by atoms with E-state index in [1.807, 2.05) is 6.07 Å². The lowest BCUT2D eigenvalue weighted by atomic mass is 9.88. The summed E-state index contributed by atoms with van der Waals surface area (Å²) < 4.78 is 27.4. The monoisotopic (exact) mass is 484 g/mol. The van der Waals surface area contributed by atoms with Crippen molar-refractivity contribution in [1.82, 2.24) is 15.3 Å². The number of alkyl halides is 1. The van der Waals surface area contributed by atoms with E-state index < -0.39 is 41.4 Å². The van der Waals surface area contributed by atoms with Crippen molar-refractivity contribution < 1.29 is 23.5 Å². The summed E-state index contributed by atoms with van der Waals surface area (Å²) in [5.41, 5.74) is 5.92. The molecule has 3 rings (SSSR count). The Morgan fingerprint density at radius 2 is 1.77 bits per heavy atom. The van der Waals surface area contributed by atoms with Crippen molar-refractivity contribution in [2.75, 3.05) is 0 Å². The van der Waals surface area contributed by atoms with E-state index in [0.717, 1.165) is 0 Å². The SMILES string of the molecule is CC(C)(F)CCC(CC(O)C(Cc1ccc(F)cc1)NC(=O)c1cnc2ccccc2n1)C(N)=O. The number of nitrogens with one attached hydrogen (secondary N) is 1. The van der Waals surface area contributed by atoms with Crippen molar-refractivity contribution in [3.63, 3.8) is 0 Å². The second-order valence-electron chi connectivity index (χ2n) is 9.31. The highest BCUT2D eigenvalue weighted by molar-refractivity contribution is 5.94. The molecule has 186 valence electrons. The summed E-state index contributed by atoms with van der Waals surface area (Å²) in [7, 11) is 0. The molecule has 7 nitrogen and oxygen atoms in total. The highest BCUT2D eigenvalue weighted by Gasteiger charge is 2.29. The summed E-state index contributed by atoms with van der Waals surface area (Å²) in [5, 5.41) is 13.8. The van der Waals surface area contributed by atoms with Crippen LogP contribution in [-0.2, 0) is 11.2 Å². The fourth-order valence-corrected chi connectivity index (χ4v) is 3.82. The fourth-order valence-electron chi connectivity index (χ4n) is 3.82. The molecule has 0 aliphatic rings. The number of hydrogen-bond donors (Lipinski definition) is 3. The van der Waals surface area contributed by atoms with Crippen LogP contribution in [0.2, 0.25) is 0 Å². The zero-order valence-electron chi connectivity index (χ0n) is 19.7. The Balaban J connectivity index is 1.80. The molecule has 4 N–H and O–H groups in total. The first kappa shape index (κ1) is 26.2. The molecule has 2 aromatic carbocycles. The van der Waals surface area contributed by atoms with E-state index in [-0.39, 0.29) is 31.4 Å². The average Bonchev–Trinajstić information content (AvgIpc) is 2.81. The molecule has 3 aromatic rings. The number of halogens is 2. The number of benzene rings is 2. The van der Waals surface area contributed by atoms with Crippen LogP contribution in [0.15, 0.2) is 54.7 Å². The molecule has 35 heavy (non-hydrogen) atoms. The van der Waals surface area contributed by atoms with Crippen LogP contribution in [0.3, 0.4) is 0 Å². The van der Waals surface area contributed by atoms with Gasteiger partial charge in [0, 0.05) is 5.92 Å². The molecule has 0 bridgehead atoms. The number of nitrogens with two attached hydrogens (primary N) is 1. The predicted molar refractivity (Wildman–Crippen MR) is 129 cm³/mol. The van der Waals surface area contributed by atoms with Gasteiger partial charge in [-0.05, 0) is 69.4 Å². The number of para-hydroxylation sites is 2. The molecular formula is C26H30F2N4O3. The second-order valence-corrected chi connectivity index (χ2v) is 9.31. The van der Waals surface area contributed by atoms with Crippen LogP contribution >= 0.6 is 0 Å². The van der Waals surface area contributed by atoms with Crippen molar-refractivity contribution in [1.29, 1.82) is 0 Å². The standard InChI is InChI=1S/C26H30F2N4O3/c1-26(2,28)12-11-17(24(29)34)14-23(33)21(13-16-7-9-18(27)10-8-16)32-25(35)22-15-30-19-5-3-4-6-20(19)31-22/h3-10,15,17,21,23,33H,11-14H2,1-2H3,(H2,29,34)(H,32,35). The molecule has 0 fully saturated rings. The topological polar surface area (TPSA) is 118 Å². The predicted octanol–water partition coefficient (Wildman–Crippen LogP) is 3.49. The maximum atomic E-state index is 14.0. The van der Waals surface area contributed by atoms with Crippen molar-refractivity contribution >= 4 is 22.8 Å². The first-order valence-electron chi connectivity index (χ1n) is 11.5. The van der Waals surface area contributed by atoms with Crippen molar-refractivity contribution in [2.45, 2.75) is 57.3 Å². The minimum Gasteiger partial charge on any atom is -0.391 e. The zero-order chi connectivity index (χ0) is 25.6. The maximum absolute atomic E-state index is 14.0. The summed E-state index contributed by atoms with van der Waals surface area (Å²) in [6.45, 7) is 2.81. The molecule has 0 saturated heterocycles. The second kappa shape index (κ2) is 11.3. The summed E-state index contributed by atoms with van der Waals surface area (Å²) in [6, 6.07) is 11.9. The molecular weight excluding hydrogens is 454 g/mol. The Kier molecular flexibility index (Phi) is 8.45. The number of nitrogens with zero attached hydrogens (tertiary/aromatic N) is 2. The molecule has 0 aliphatic carbocycles. The van der Waals surface area contributed by atoms with Gasteiger partial charge in [-0.1, -0.05) is 24.3 Å².